The van der Waals surface area contributed by atoms with Crippen LogP contribution in [0.2, 0.25) is 5.02 Å². The van der Waals surface area contributed by atoms with E-state index in [1.807, 2.05) is 29.2 Å². The van der Waals surface area contributed by atoms with Crippen molar-refractivity contribution in [2.75, 3.05) is 18.0 Å². The van der Waals surface area contributed by atoms with Gasteiger partial charge in [-0.2, -0.15) is 0 Å². The van der Waals surface area contributed by atoms with Crippen molar-refractivity contribution in [3.63, 3.8) is 0 Å². The minimum Gasteiger partial charge on any atom is -0.480 e. The van der Waals surface area contributed by atoms with E-state index in [2.05, 4.69) is 6.92 Å². The number of halogens is 1. The molecule has 0 aliphatic heterocycles. The van der Waals surface area contributed by atoms with Crippen LogP contribution >= 0.6 is 11.6 Å². The van der Waals surface area contributed by atoms with Gasteiger partial charge in [-0.05, 0) is 42.9 Å². The molecule has 1 aromatic carbocycles. The predicted molar refractivity (Wildman–Crippen MR) is 82.4 cm³/mol. The van der Waals surface area contributed by atoms with Gasteiger partial charge in [-0.3, -0.25) is 4.79 Å². The number of aliphatic carboxylic acids is 1. The Morgan fingerprint density at radius 3 is 2.65 bits per heavy atom. The van der Waals surface area contributed by atoms with E-state index in [0.717, 1.165) is 18.2 Å². The lowest BCUT2D eigenvalue weighted by molar-refractivity contribution is -0.135. The highest BCUT2D eigenvalue weighted by atomic mass is 35.5. The van der Waals surface area contributed by atoms with Gasteiger partial charge in [0.2, 0.25) is 0 Å². The average molecular weight is 296 g/mol. The predicted octanol–water partition coefficient (Wildman–Crippen LogP) is 4.06. The normalized spacial score (nSPS) is 22.5. The molecule has 0 spiro atoms. The van der Waals surface area contributed by atoms with E-state index in [1.165, 1.54) is 25.7 Å². The summed E-state index contributed by atoms with van der Waals surface area (Å²) in [5, 5.41) is 9.76. The molecule has 0 bridgehead atoms. The molecule has 1 aromatic rings. The summed E-state index contributed by atoms with van der Waals surface area (Å²) in [7, 11) is 0. The number of benzene rings is 1. The smallest absolute Gasteiger partial charge is 0.323 e. The molecule has 4 heteroatoms. The average Bonchev–Trinajstić information content (AvgIpc) is 2.40. The Morgan fingerprint density at radius 1 is 1.35 bits per heavy atom. The minimum absolute atomic E-state index is 0.0341. The topological polar surface area (TPSA) is 40.5 Å². The number of anilines is 1. The Kier molecular flexibility index (Phi) is 5.30. The molecule has 1 N–H and O–H groups in total. The molecule has 0 aromatic heterocycles. The van der Waals surface area contributed by atoms with Crippen molar-refractivity contribution < 1.29 is 9.90 Å². The quantitative estimate of drug-likeness (QED) is 0.890. The zero-order valence-electron chi connectivity index (χ0n) is 11.9. The first-order valence-electron chi connectivity index (χ1n) is 7.27. The van der Waals surface area contributed by atoms with E-state index < -0.39 is 5.97 Å². The van der Waals surface area contributed by atoms with Crippen LogP contribution in [0.3, 0.4) is 0 Å². The van der Waals surface area contributed by atoms with Crippen LogP contribution in [0.5, 0.6) is 0 Å². The second kappa shape index (κ2) is 6.98. The summed E-state index contributed by atoms with van der Waals surface area (Å²) in [5.41, 5.74) is 0.901. The van der Waals surface area contributed by atoms with Crippen LogP contribution in [0, 0.1) is 11.8 Å². The Balaban J connectivity index is 2.05. The van der Waals surface area contributed by atoms with Crippen molar-refractivity contribution in [1.82, 2.24) is 0 Å². The summed E-state index contributed by atoms with van der Waals surface area (Å²) < 4.78 is 0. The third-order valence-corrected chi connectivity index (χ3v) is 4.35. The van der Waals surface area contributed by atoms with Gasteiger partial charge in [0.25, 0.3) is 0 Å². The van der Waals surface area contributed by atoms with Crippen molar-refractivity contribution in [3.8, 4) is 0 Å². The molecule has 0 heterocycles. The number of carbonyl (C=O) groups is 1. The monoisotopic (exact) mass is 295 g/mol. The Hall–Kier alpha value is -1.22. The fourth-order valence-corrected chi connectivity index (χ4v) is 3.11. The summed E-state index contributed by atoms with van der Waals surface area (Å²) in [6, 6.07) is 7.46. The lowest BCUT2D eigenvalue weighted by Gasteiger charge is -2.32. The van der Waals surface area contributed by atoms with Gasteiger partial charge < -0.3 is 10.0 Å². The molecule has 0 radical (unpaired) electrons. The highest BCUT2D eigenvalue weighted by Crippen LogP contribution is 2.30. The highest BCUT2D eigenvalue weighted by Gasteiger charge is 2.22. The molecular weight excluding hydrogens is 274 g/mol. The van der Waals surface area contributed by atoms with Crippen molar-refractivity contribution in [1.29, 1.82) is 0 Å². The molecule has 1 saturated carbocycles. The summed E-state index contributed by atoms with van der Waals surface area (Å²) in [6.07, 6.45) is 4.89. The lowest BCUT2D eigenvalue weighted by Crippen LogP contribution is -2.35. The standard InChI is InChI=1S/C16H22ClNO2/c1-12-5-7-13(8-6-12)10-18(11-16(19)20)15-4-2-3-14(17)9-15/h2-4,9,12-13H,5-8,10-11H2,1H3,(H,19,20). The second-order valence-electron chi connectivity index (χ2n) is 5.88. The van der Waals surface area contributed by atoms with Crippen LogP contribution in [0.25, 0.3) is 0 Å². The number of nitrogens with zero attached hydrogens (tertiary/aromatic N) is 1. The molecule has 0 unspecified atom stereocenters. The number of hydrogen-bond acceptors (Lipinski definition) is 2. The first-order chi connectivity index (χ1) is 9.54. The van der Waals surface area contributed by atoms with Crippen molar-refractivity contribution in [2.45, 2.75) is 32.6 Å². The molecule has 2 rings (SSSR count). The van der Waals surface area contributed by atoms with Gasteiger partial charge in [0.1, 0.15) is 6.54 Å². The van der Waals surface area contributed by atoms with Crippen LogP contribution < -0.4 is 4.90 Å². The fraction of sp³-hybridized carbons (Fsp3) is 0.562. The van der Waals surface area contributed by atoms with Gasteiger partial charge in [-0.15, -0.1) is 0 Å². The second-order valence-corrected chi connectivity index (χ2v) is 6.32. The first kappa shape index (κ1) is 15.2. The molecule has 0 saturated heterocycles. The molecule has 110 valence electrons. The van der Waals surface area contributed by atoms with Crippen LogP contribution in [0.1, 0.15) is 32.6 Å². The van der Waals surface area contributed by atoms with E-state index in [4.69, 9.17) is 16.7 Å². The van der Waals surface area contributed by atoms with Crippen LogP contribution in [-0.4, -0.2) is 24.2 Å². The maximum absolute atomic E-state index is 11.1. The van der Waals surface area contributed by atoms with E-state index in [9.17, 15) is 4.79 Å². The summed E-state index contributed by atoms with van der Waals surface area (Å²) >= 11 is 6.01. The number of carboxylic acid groups (broad SMARTS) is 1. The van der Waals surface area contributed by atoms with E-state index in [0.29, 0.717) is 10.9 Å². The third kappa shape index (κ3) is 4.41. The minimum atomic E-state index is -0.797. The number of rotatable bonds is 5. The lowest BCUT2D eigenvalue weighted by atomic mass is 9.83. The summed E-state index contributed by atoms with van der Waals surface area (Å²) in [4.78, 5) is 13.0. The molecule has 20 heavy (non-hydrogen) atoms. The zero-order valence-corrected chi connectivity index (χ0v) is 12.6. The molecule has 1 aliphatic carbocycles. The molecule has 0 atom stereocenters. The van der Waals surface area contributed by atoms with Gasteiger partial charge in [-0.1, -0.05) is 37.4 Å². The van der Waals surface area contributed by atoms with Gasteiger partial charge >= 0.3 is 5.97 Å². The first-order valence-corrected chi connectivity index (χ1v) is 7.64. The Bertz CT molecular complexity index is 456. The van der Waals surface area contributed by atoms with E-state index in [-0.39, 0.29) is 6.54 Å². The molecular formula is C16H22ClNO2. The molecule has 3 nitrogen and oxygen atoms in total. The maximum atomic E-state index is 11.1. The van der Waals surface area contributed by atoms with Crippen LogP contribution in [-0.2, 0) is 4.79 Å². The van der Waals surface area contributed by atoms with Gasteiger partial charge in [0.05, 0.1) is 0 Å². The number of carboxylic acids is 1. The number of hydrogen-bond donors (Lipinski definition) is 1. The van der Waals surface area contributed by atoms with Crippen LogP contribution in [0.4, 0.5) is 5.69 Å². The molecule has 1 aliphatic rings. The van der Waals surface area contributed by atoms with Gasteiger partial charge in [-0.25, -0.2) is 0 Å². The van der Waals surface area contributed by atoms with Crippen molar-refractivity contribution in [3.05, 3.63) is 29.3 Å². The highest BCUT2D eigenvalue weighted by molar-refractivity contribution is 6.30. The van der Waals surface area contributed by atoms with E-state index in [1.54, 1.807) is 0 Å². The summed E-state index contributed by atoms with van der Waals surface area (Å²) in [6.45, 7) is 3.13. The maximum Gasteiger partial charge on any atom is 0.323 e. The largest absolute Gasteiger partial charge is 0.480 e. The third-order valence-electron chi connectivity index (χ3n) is 4.11. The molecule has 1 fully saturated rings. The van der Waals surface area contributed by atoms with Gasteiger partial charge in [0, 0.05) is 17.3 Å². The zero-order chi connectivity index (χ0) is 14.5. The summed E-state index contributed by atoms with van der Waals surface area (Å²) in [5.74, 6) is 0.601. The van der Waals surface area contributed by atoms with Crippen LogP contribution in [0.15, 0.2) is 24.3 Å². The Labute approximate surface area is 125 Å². The SMILES string of the molecule is CC1CCC(CN(CC(=O)O)c2cccc(Cl)c2)CC1. The Morgan fingerprint density at radius 2 is 2.05 bits per heavy atom. The van der Waals surface area contributed by atoms with Crippen molar-refractivity contribution in [2.24, 2.45) is 11.8 Å². The van der Waals surface area contributed by atoms with Gasteiger partial charge in [0.15, 0.2) is 0 Å². The van der Waals surface area contributed by atoms with E-state index >= 15 is 0 Å². The fourth-order valence-electron chi connectivity index (χ4n) is 2.92. The molecule has 0 amide bonds. The van der Waals surface area contributed by atoms with Crippen molar-refractivity contribution >= 4 is 23.3 Å².